The van der Waals surface area contributed by atoms with Crippen LogP contribution in [0.3, 0.4) is 0 Å². The molecule has 2 aromatic carbocycles. The summed E-state index contributed by atoms with van der Waals surface area (Å²) in [4.78, 5) is 0. The van der Waals surface area contributed by atoms with Gasteiger partial charge in [0.1, 0.15) is 0 Å². The topological polar surface area (TPSA) is 0 Å². The Morgan fingerprint density at radius 1 is 0.941 bits per heavy atom. The molecule has 0 radical (unpaired) electrons. The van der Waals surface area contributed by atoms with Crippen LogP contribution in [0.4, 0.5) is 0 Å². The van der Waals surface area contributed by atoms with Crippen molar-refractivity contribution in [3.8, 4) is 0 Å². The standard InChI is InChI=1S/C16H16S/c1-4-12-6-5-7-13-16(12)15-11(3)10(2)8-9-14(15)17-13/h5-9H,4H2,1-3H3. The molecule has 0 aliphatic carbocycles. The van der Waals surface area contributed by atoms with Gasteiger partial charge in [0.2, 0.25) is 0 Å². The second kappa shape index (κ2) is 3.85. The van der Waals surface area contributed by atoms with Crippen molar-refractivity contribution in [3.05, 3.63) is 47.0 Å². The molecule has 1 heteroatoms. The van der Waals surface area contributed by atoms with Crippen LogP contribution in [-0.4, -0.2) is 0 Å². The molecule has 0 N–H and O–H groups in total. The number of hydrogen-bond acceptors (Lipinski definition) is 1. The molecule has 1 heterocycles. The smallest absolute Gasteiger partial charge is 0.0358 e. The van der Waals surface area contributed by atoms with Gasteiger partial charge in [0, 0.05) is 20.2 Å². The summed E-state index contributed by atoms with van der Waals surface area (Å²) in [6, 6.07) is 11.2. The lowest BCUT2D eigenvalue weighted by Crippen LogP contribution is -1.84. The number of hydrogen-bond donors (Lipinski definition) is 0. The fourth-order valence-corrected chi connectivity index (χ4v) is 3.76. The fourth-order valence-electron chi connectivity index (χ4n) is 2.55. The summed E-state index contributed by atoms with van der Waals surface area (Å²) in [7, 11) is 0. The molecule has 0 atom stereocenters. The Morgan fingerprint density at radius 3 is 2.47 bits per heavy atom. The van der Waals surface area contributed by atoms with Crippen LogP contribution in [-0.2, 0) is 6.42 Å². The van der Waals surface area contributed by atoms with Crippen LogP contribution in [0.15, 0.2) is 30.3 Å². The fraction of sp³-hybridized carbons (Fsp3) is 0.250. The van der Waals surface area contributed by atoms with Crippen LogP contribution < -0.4 is 0 Å². The second-order valence-electron chi connectivity index (χ2n) is 4.63. The third kappa shape index (κ3) is 1.49. The molecule has 0 unspecified atom stereocenters. The summed E-state index contributed by atoms with van der Waals surface area (Å²) in [5, 5.41) is 2.96. The van der Waals surface area contributed by atoms with Gasteiger partial charge in [-0.15, -0.1) is 11.3 Å². The largest absolute Gasteiger partial charge is 0.135 e. The van der Waals surface area contributed by atoms with Crippen molar-refractivity contribution in [2.75, 3.05) is 0 Å². The zero-order chi connectivity index (χ0) is 12.0. The van der Waals surface area contributed by atoms with Crippen molar-refractivity contribution in [1.82, 2.24) is 0 Å². The van der Waals surface area contributed by atoms with Gasteiger partial charge in [0.25, 0.3) is 0 Å². The maximum atomic E-state index is 2.27. The first-order valence-electron chi connectivity index (χ1n) is 6.12. The lowest BCUT2D eigenvalue weighted by atomic mass is 9.99. The summed E-state index contributed by atoms with van der Waals surface area (Å²) in [5.41, 5.74) is 4.31. The highest BCUT2D eigenvalue weighted by Gasteiger charge is 2.11. The van der Waals surface area contributed by atoms with Gasteiger partial charge in [-0.1, -0.05) is 25.1 Å². The Bertz CT molecular complexity index is 704. The molecule has 0 saturated heterocycles. The normalized spacial score (nSPS) is 11.5. The molecule has 0 aliphatic rings. The SMILES string of the molecule is CCc1cccc2sc3ccc(C)c(C)c3c12. The highest BCUT2D eigenvalue weighted by molar-refractivity contribution is 7.25. The molecule has 0 amide bonds. The molecule has 3 rings (SSSR count). The number of thiophene rings is 1. The lowest BCUT2D eigenvalue weighted by molar-refractivity contribution is 1.16. The Balaban J connectivity index is 2.60. The van der Waals surface area contributed by atoms with E-state index in [0.717, 1.165) is 6.42 Å². The van der Waals surface area contributed by atoms with Crippen molar-refractivity contribution < 1.29 is 0 Å². The van der Waals surface area contributed by atoms with Crippen molar-refractivity contribution in [2.24, 2.45) is 0 Å². The molecule has 0 spiro atoms. The third-order valence-corrected chi connectivity index (χ3v) is 4.78. The number of benzene rings is 2. The van der Waals surface area contributed by atoms with Gasteiger partial charge in [-0.2, -0.15) is 0 Å². The van der Waals surface area contributed by atoms with Crippen LogP contribution in [0, 0.1) is 13.8 Å². The summed E-state index contributed by atoms with van der Waals surface area (Å²) < 4.78 is 2.84. The first-order valence-corrected chi connectivity index (χ1v) is 6.94. The van der Waals surface area contributed by atoms with E-state index in [1.54, 1.807) is 0 Å². The molecule has 86 valence electrons. The molecular weight excluding hydrogens is 224 g/mol. The van der Waals surface area contributed by atoms with E-state index in [0.29, 0.717) is 0 Å². The van der Waals surface area contributed by atoms with Crippen LogP contribution in [0.2, 0.25) is 0 Å². The minimum Gasteiger partial charge on any atom is -0.135 e. The zero-order valence-electron chi connectivity index (χ0n) is 10.5. The minimum atomic E-state index is 1.11. The number of aryl methyl sites for hydroxylation is 3. The quantitative estimate of drug-likeness (QED) is 0.546. The molecule has 17 heavy (non-hydrogen) atoms. The van der Waals surface area contributed by atoms with Crippen LogP contribution in [0.1, 0.15) is 23.6 Å². The first kappa shape index (κ1) is 10.8. The summed E-state index contributed by atoms with van der Waals surface area (Å²) in [6.45, 7) is 6.69. The predicted molar refractivity (Wildman–Crippen MR) is 78.2 cm³/mol. The third-order valence-electron chi connectivity index (χ3n) is 3.66. The highest BCUT2D eigenvalue weighted by Crippen LogP contribution is 2.38. The van der Waals surface area contributed by atoms with E-state index in [2.05, 4.69) is 51.1 Å². The Morgan fingerprint density at radius 2 is 1.71 bits per heavy atom. The minimum absolute atomic E-state index is 1.11. The van der Waals surface area contributed by atoms with E-state index in [1.807, 2.05) is 11.3 Å². The molecule has 0 saturated carbocycles. The molecule has 0 nitrogen and oxygen atoms in total. The maximum absolute atomic E-state index is 2.27. The van der Waals surface area contributed by atoms with E-state index in [4.69, 9.17) is 0 Å². The van der Waals surface area contributed by atoms with Crippen LogP contribution in [0.25, 0.3) is 20.2 Å². The van der Waals surface area contributed by atoms with E-state index in [1.165, 1.54) is 36.9 Å². The first-order chi connectivity index (χ1) is 8.22. The second-order valence-corrected chi connectivity index (χ2v) is 5.71. The van der Waals surface area contributed by atoms with E-state index in [9.17, 15) is 0 Å². The lowest BCUT2D eigenvalue weighted by Gasteiger charge is -2.04. The van der Waals surface area contributed by atoms with Gasteiger partial charge in [-0.25, -0.2) is 0 Å². The molecular formula is C16H16S. The van der Waals surface area contributed by atoms with Gasteiger partial charge < -0.3 is 0 Å². The summed E-state index contributed by atoms with van der Waals surface area (Å²) >= 11 is 1.91. The summed E-state index contributed by atoms with van der Waals surface area (Å²) in [5.74, 6) is 0. The molecule has 1 aromatic heterocycles. The van der Waals surface area contributed by atoms with Gasteiger partial charge in [0.15, 0.2) is 0 Å². The van der Waals surface area contributed by atoms with Crippen LogP contribution in [0.5, 0.6) is 0 Å². The zero-order valence-corrected chi connectivity index (χ0v) is 11.3. The van der Waals surface area contributed by atoms with Crippen molar-refractivity contribution >= 4 is 31.5 Å². The number of fused-ring (bicyclic) bond motifs is 3. The van der Waals surface area contributed by atoms with Gasteiger partial charge >= 0.3 is 0 Å². The van der Waals surface area contributed by atoms with E-state index >= 15 is 0 Å². The van der Waals surface area contributed by atoms with Crippen molar-refractivity contribution in [2.45, 2.75) is 27.2 Å². The van der Waals surface area contributed by atoms with E-state index < -0.39 is 0 Å². The van der Waals surface area contributed by atoms with Crippen molar-refractivity contribution in [1.29, 1.82) is 0 Å². The predicted octanol–water partition coefficient (Wildman–Crippen LogP) is 5.23. The van der Waals surface area contributed by atoms with Crippen molar-refractivity contribution in [3.63, 3.8) is 0 Å². The summed E-state index contributed by atoms with van der Waals surface area (Å²) in [6.07, 6.45) is 1.11. The Labute approximate surface area is 106 Å². The average Bonchev–Trinajstić information content (AvgIpc) is 2.72. The molecule has 0 bridgehead atoms. The Kier molecular flexibility index (Phi) is 2.44. The van der Waals surface area contributed by atoms with Crippen LogP contribution >= 0.6 is 11.3 Å². The van der Waals surface area contributed by atoms with E-state index in [-0.39, 0.29) is 0 Å². The highest BCUT2D eigenvalue weighted by atomic mass is 32.1. The monoisotopic (exact) mass is 240 g/mol. The van der Waals surface area contributed by atoms with Gasteiger partial charge in [-0.05, 0) is 49.1 Å². The molecule has 3 aromatic rings. The Hall–Kier alpha value is -1.34. The molecule has 0 aliphatic heterocycles. The number of rotatable bonds is 1. The molecule has 0 fully saturated rings. The average molecular weight is 240 g/mol. The maximum Gasteiger partial charge on any atom is 0.0358 e. The van der Waals surface area contributed by atoms with Gasteiger partial charge in [-0.3, -0.25) is 0 Å². The van der Waals surface area contributed by atoms with Gasteiger partial charge in [0.05, 0.1) is 0 Å².